The number of carbonyl (C=O) groups excluding carboxylic acids is 1. The van der Waals surface area contributed by atoms with Gasteiger partial charge in [0.1, 0.15) is 5.82 Å². The molecule has 23 heavy (non-hydrogen) atoms. The van der Waals surface area contributed by atoms with Crippen LogP contribution in [0.5, 0.6) is 0 Å². The second kappa shape index (κ2) is 9.73. The first kappa shape index (κ1) is 19.7. The van der Waals surface area contributed by atoms with E-state index in [1.165, 1.54) is 17.7 Å². The molecule has 1 fully saturated rings. The summed E-state index contributed by atoms with van der Waals surface area (Å²) in [5.74, 6) is -0.172. The summed E-state index contributed by atoms with van der Waals surface area (Å²) in [5.41, 5.74) is 1.20. The highest BCUT2D eigenvalue weighted by Gasteiger charge is 2.21. The molecule has 0 unspecified atom stereocenters. The molecule has 0 radical (unpaired) electrons. The first-order valence-corrected chi connectivity index (χ1v) is 7.99. The number of amides is 2. The van der Waals surface area contributed by atoms with Gasteiger partial charge in [0.2, 0.25) is 0 Å². The van der Waals surface area contributed by atoms with Gasteiger partial charge in [0, 0.05) is 40.3 Å². The van der Waals surface area contributed by atoms with Crippen LogP contribution in [0.25, 0.3) is 0 Å². The van der Waals surface area contributed by atoms with Crippen molar-refractivity contribution in [3.63, 3.8) is 0 Å². The number of rotatable bonds is 5. The number of urea groups is 1. The number of aryl methyl sites for hydroxylation is 1. The van der Waals surface area contributed by atoms with Gasteiger partial charge in [-0.15, -0.1) is 12.4 Å². The van der Waals surface area contributed by atoms with Crippen LogP contribution in [-0.2, 0) is 6.42 Å². The van der Waals surface area contributed by atoms with E-state index < -0.39 is 0 Å². The minimum Gasteiger partial charge on any atom is -0.331 e. The zero-order chi connectivity index (χ0) is 15.9. The van der Waals surface area contributed by atoms with Crippen LogP contribution >= 0.6 is 12.4 Å². The Hall–Kier alpha value is -1.33. The summed E-state index contributed by atoms with van der Waals surface area (Å²) < 4.78 is 12.8. The summed E-state index contributed by atoms with van der Waals surface area (Å²) in [4.78, 5) is 17.8. The molecule has 1 aromatic carbocycles. The predicted octanol–water partition coefficient (Wildman–Crippen LogP) is 2.87. The topological polar surface area (TPSA) is 26.8 Å². The van der Waals surface area contributed by atoms with Crippen LogP contribution in [0.3, 0.4) is 0 Å². The number of nitrogens with zero attached hydrogens (tertiary/aromatic N) is 3. The number of benzene rings is 1. The molecule has 0 saturated carbocycles. The Morgan fingerprint density at radius 1 is 1.09 bits per heavy atom. The molecule has 2 amide bonds. The van der Waals surface area contributed by atoms with Gasteiger partial charge in [-0.05, 0) is 43.5 Å². The quantitative estimate of drug-likeness (QED) is 0.769. The molecule has 4 nitrogen and oxygen atoms in total. The van der Waals surface area contributed by atoms with Crippen LogP contribution < -0.4 is 0 Å². The minimum atomic E-state index is -0.172. The average molecular weight is 344 g/mol. The molecular formula is C17H27ClFN3O. The van der Waals surface area contributed by atoms with Gasteiger partial charge in [-0.2, -0.15) is 0 Å². The Morgan fingerprint density at radius 2 is 1.70 bits per heavy atom. The molecular weight excluding hydrogens is 317 g/mol. The molecule has 2 rings (SSSR count). The maximum Gasteiger partial charge on any atom is 0.319 e. The maximum atomic E-state index is 12.8. The lowest BCUT2D eigenvalue weighted by molar-refractivity contribution is 0.122. The van der Waals surface area contributed by atoms with Crippen molar-refractivity contribution in [1.82, 2.24) is 14.7 Å². The fourth-order valence-corrected chi connectivity index (χ4v) is 2.76. The number of piperazine rings is 1. The molecule has 1 heterocycles. The zero-order valence-electron chi connectivity index (χ0n) is 14.0. The van der Waals surface area contributed by atoms with Crippen molar-refractivity contribution in [2.75, 3.05) is 46.8 Å². The van der Waals surface area contributed by atoms with Crippen LogP contribution in [0.15, 0.2) is 24.3 Å². The largest absolute Gasteiger partial charge is 0.331 e. The molecule has 1 aromatic rings. The van der Waals surface area contributed by atoms with Gasteiger partial charge < -0.3 is 9.80 Å². The van der Waals surface area contributed by atoms with Crippen LogP contribution in [0.2, 0.25) is 0 Å². The number of hydrogen-bond donors (Lipinski definition) is 0. The second-order valence-corrected chi connectivity index (χ2v) is 6.09. The summed E-state index contributed by atoms with van der Waals surface area (Å²) in [6.45, 7) is 4.61. The van der Waals surface area contributed by atoms with E-state index in [-0.39, 0.29) is 24.3 Å². The summed E-state index contributed by atoms with van der Waals surface area (Å²) in [5, 5.41) is 0. The van der Waals surface area contributed by atoms with Crippen molar-refractivity contribution < 1.29 is 9.18 Å². The Balaban J connectivity index is 0.00000264. The standard InChI is InChI=1S/C17H26FN3O.ClH/c1-19(2)17(22)21-13-11-20(12-14-21)10-4-3-5-15-6-8-16(18)9-7-15;/h6-9H,3-5,10-14H2,1-2H3;1H. The molecule has 6 heteroatoms. The normalized spacial score (nSPS) is 15.2. The molecule has 1 aliphatic heterocycles. The lowest BCUT2D eigenvalue weighted by Crippen LogP contribution is -2.51. The van der Waals surface area contributed by atoms with E-state index in [9.17, 15) is 9.18 Å². The van der Waals surface area contributed by atoms with E-state index in [0.717, 1.165) is 52.0 Å². The van der Waals surface area contributed by atoms with Gasteiger partial charge in [-0.3, -0.25) is 4.90 Å². The van der Waals surface area contributed by atoms with Crippen LogP contribution in [0, 0.1) is 5.82 Å². The minimum absolute atomic E-state index is 0. The smallest absolute Gasteiger partial charge is 0.319 e. The zero-order valence-corrected chi connectivity index (χ0v) is 14.8. The summed E-state index contributed by atoms with van der Waals surface area (Å²) in [6, 6.07) is 6.88. The van der Waals surface area contributed by atoms with Crippen molar-refractivity contribution in [1.29, 1.82) is 0 Å². The Kier molecular flexibility index (Phi) is 8.34. The van der Waals surface area contributed by atoms with Crippen molar-refractivity contribution in [3.05, 3.63) is 35.6 Å². The van der Waals surface area contributed by atoms with E-state index in [4.69, 9.17) is 0 Å². The summed E-state index contributed by atoms with van der Waals surface area (Å²) in [7, 11) is 3.59. The lowest BCUT2D eigenvalue weighted by Gasteiger charge is -2.35. The van der Waals surface area contributed by atoms with Crippen LogP contribution in [0.4, 0.5) is 9.18 Å². The van der Waals surface area contributed by atoms with E-state index in [1.807, 2.05) is 17.0 Å². The molecule has 1 aliphatic rings. The molecule has 0 bridgehead atoms. The second-order valence-electron chi connectivity index (χ2n) is 6.09. The number of unbranched alkanes of at least 4 members (excludes halogenated alkanes) is 1. The van der Waals surface area contributed by atoms with Gasteiger partial charge in [0.25, 0.3) is 0 Å². The number of carbonyl (C=O) groups is 1. The molecule has 0 N–H and O–H groups in total. The van der Waals surface area contributed by atoms with Crippen molar-refractivity contribution in [3.8, 4) is 0 Å². The van der Waals surface area contributed by atoms with Crippen LogP contribution in [0.1, 0.15) is 18.4 Å². The Morgan fingerprint density at radius 3 is 2.26 bits per heavy atom. The third-order valence-corrected chi connectivity index (χ3v) is 4.13. The Labute approximate surface area is 144 Å². The van der Waals surface area contributed by atoms with Crippen LogP contribution in [-0.4, -0.2) is 67.5 Å². The van der Waals surface area contributed by atoms with Gasteiger partial charge >= 0.3 is 6.03 Å². The van der Waals surface area contributed by atoms with E-state index in [1.54, 1.807) is 19.0 Å². The lowest BCUT2D eigenvalue weighted by atomic mass is 10.1. The van der Waals surface area contributed by atoms with Crippen molar-refractivity contribution in [2.24, 2.45) is 0 Å². The third kappa shape index (κ3) is 6.36. The third-order valence-electron chi connectivity index (χ3n) is 4.13. The number of halogens is 2. The van der Waals surface area contributed by atoms with Gasteiger partial charge in [-0.1, -0.05) is 12.1 Å². The van der Waals surface area contributed by atoms with Crippen molar-refractivity contribution in [2.45, 2.75) is 19.3 Å². The first-order chi connectivity index (χ1) is 10.6. The number of hydrogen-bond acceptors (Lipinski definition) is 2. The van der Waals surface area contributed by atoms with E-state index >= 15 is 0 Å². The highest BCUT2D eigenvalue weighted by Crippen LogP contribution is 2.09. The fourth-order valence-electron chi connectivity index (χ4n) is 2.76. The molecule has 1 saturated heterocycles. The average Bonchev–Trinajstić information content (AvgIpc) is 2.53. The SMILES string of the molecule is CN(C)C(=O)N1CCN(CCCCc2ccc(F)cc2)CC1.Cl. The van der Waals surface area contributed by atoms with E-state index in [0.29, 0.717) is 0 Å². The summed E-state index contributed by atoms with van der Waals surface area (Å²) >= 11 is 0. The van der Waals surface area contributed by atoms with Crippen molar-refractivity contribution >= 4 is 18.4 Å². The monoisotopic (exact) mass is 343 g/mol. The van der Waals surface area contributed by atoms with E-state index in [2.05, 4.69) is 4.90 Å². The Bertz CT molecular complexity index is 473. The molecule has 0 aromatic heterocycles. The predicted molar refractivity (Wildman–Crippen MR) is 93.7 cm³/mol. The molecule has 0 spiro atoms. The summed E-state index contributed by atoms with van der Waals surface area (Å²) in [6.07, 6.45) is 3.25. The maximum absolute atomic E-state index is 12.8. The van der Waals surface area contributed by atoms with Gasteiger partial charge in [-0.25, -0.2) is 9.18 Å². The highest BCUT2D eigenvalue weighted by atomic mass is 35.5. The first-order valence-electron chi connectivity index (χ1n) is 7.99. The molecule has 130 valence electrons. The molecule has 0 atom stereocenters. The van der Waals surface area contributed by atoms with Gasteiger partial charge in [0.15, 0.2) is 0 Å². The highest BCUT2D eigenvalue weighted by molar-refractivity contribution is 5.85. The van der Waals surface area contributed by atoms with Gasteiger partial charge in [0.05, 0.1) is 0 Å². The fraction of sp³-hybridized carbons (Fsp3) is 0.588. The molecule has 0 aliphatic carbocycles.